The molecule has 1 saturated carbocycles. The van der Waals surface area contributed by atoms with E-state index in [1.165, 1.54) is 18.1 Å². The summed E-state index contributed by atoms with van der Waals surface area (Å²) in [5.41, 5.74) is 8.12. The van der Waals surface area contributed by atoms with Crippen molar-refractivity contribution in [1.82, 2.24) is 9.88 Å². The number of fused-ring (bicyclic) bond motifs is 1. The van der Waals surface area contributed by atoms with Crippen molar-refractivity contribution in [3.63, 3.8) is 0 Å². The number of methoxy groups -OCH3 is 1. The number of amides is 2. The van der Waals surface area contributed by atoms with Gasteiger partial charge in [-0.2, -0.15) is 0 Å². The molecule has 230 valence electrons. The Kier molecular flexibility index (Phi) is 9.38. The molecule has 1 aliphatic carbocycles. The van der Waals surface area contributed by atoms with Gasteiger partial charge in [0.05, 0.1) is 30.7 Å². The van der Waals surface area contributed by atoms with Gasteiger partial charge in [-0.3, -0.25) is 13.8 Å². The molecule has 4 aromatic rings. The first-order valence-corrected chi connectivity index (χ1v) is 15.3. The number of anilines is 3. The van der Waals surface area contributed by atoms with E-state index in [0.717, 1.165) is 19.0 Å². The van der Waals surface area contributed by atoms with Crippen LogP contribution in [0.2, 0.25) is 0 Å². The predicted molar refractivity (Wildman–Crippen MR) is 167 cm³/mol. The lowest BCUT2D eigenvalue weighted by molar-refractivity contribution is -0.128. The summed E-state index contributed by atoms with van der Waals surface area (Å²) < 4.78 is 46.6. The second-order valence-corrected chi connectivity index (χ2v) is 12.4. The third-order valence-corrected chi connectivity index (χ3v) is 9.32. The SMILES string of the molecule is COc1c(F)cccc1CCC(=O)Nc1ccc(S(=O)C2CC2)c(CN(C)C(=O)CNc2ccc3c(N)ncc(F)c3c2)c1. The molecule has 9 nitrogen and oxygen atoms in total. The lowest BCUT2D eigenvalue weighted by Crippen LogP contribution is -2.32. The van der Waals surface area contributed by atoms with Gasteiger partial charge in [-0.25, -0.2) is 13.8 Å². The molecule has 5 rings (SSSR count). The number of aryl methyl sites for hydroxylation is 1. The molecular formula is C32H33F2N5O4S. The largest absolute Gasteiger partial charge is 0.493 e. The molecule has 0 radical (unpaired) electrons. The summed E-state index contributed by atoms with van der Waals surface area (Å²) >= 11 is 0. The van der Waals surface area contributed by atoms with Gasteiger partial charge in [0, 0.05) is 52.3 Å². The number of aromatic nitrogens is 1. The van der Waals surface area contributed by atoms with E-state index in [0.29, 0.717) is 38.2 Å². The first kappa shape index (κ1) is 30.9. The molecule has 1 atom stereocenters. The predicted octanol–water partition coefficient (Wildman–Crippen LogP) is 5.02. The van der Waals surface area contributed by atoms with E-state index in [2.05, 4.69) is 15.6 Å². The van der Waals surface area contributed by atoms with Gasteiger partial charge in [0.15, 0.2) is 11.6 Å². The van der Waals surface area contributed by atoms with Crippen molar-refractivity contribution in [2.45, 2.75) is 42.4 Å². The number of nitrogens with zero attached hydrogens (tertiary/aromatic N) is 2. The Labute approximate surface area is 256 Å². The first-order valence-electron chi connectivity index (χ1n) is 14.1. The third kappa shape index (κ3) is 7.13. The molecule has 1 aliphatic rings. The number of nitrogens with two attached hydrogens (primary N) is 1. The highest BCUT2D eigenvalue weighted by molar-refractivity contribution is 7.86. The number of carbonyl (C=O) groups excluding carboxylic acids is 2. The number of nitrogen functional groups attached to an aromatic ring is 1. The van der Waals surface area contributed by atoms with Gasteiger partial charge in [-0.1, -0.05) is 12.1 Å². The molecule has 1 aromatic heterocycles. The van der Waals surface area contributed by atoms with Crippen LogP contribution in [0.25, 0.3) is 10.8 Å². The summed E-state index contributed by atoms with van der Waals surface area (Å²) in [6.45, 7) is 0.0955. The topological polar surface area (TPSA) is 127 Å². The fourth-order valence-corrected chi connectivity index (χ4v) is 6.39. The summed E-state index contributed by atoms with van der Waals surface area (Å²) in [6, 6.07) is 14.7. The number of nitrogens with one attached hydrogen (secondary N) is 2. The van der Waals surface area contributed by atoms with Crippen LogP contribution in [0.5, 0.6) is 5.75 Å². The number of para-hydroxylation sites is 1. The van der Waals surface area contributed by atoms with Crippen LogP contribution in [0.1, 0.15) is 30.4 Å². The number of hydrogen-bond acceptors (Lipinski definition) is 7. The van der Waals surface area contributed by atoms with Gasteiger partial charge in [-0.15, -0.1) is 0 Å². The van der Waals surface area contributed by atoms with Crippen LogP contribution in [-0.2, 0) is 33.4 Å². The van der Waals surface area contributed by atoms with Gasteiger partial charge in [-0.05, 0) is 72.9 Å². The standard InChI is InChI=1S/C32H33F2N5O4S/c1-39(30(41)17-36-21-7-11-24-25(15-21)27(34)16-37-32(24)35)18-20-14-22(8-12-28(20)44(42)23-9-10-23)38-29(40)13-6-19-4-3-5-26(33)31(19)43-2/h3-5,7-8,11-12,14-16,23,36H,6,9-10,13,17-18H2,1-2H3,(H2,35,37)(H,38,40). The van der Waals surface area contributed by atoms with Gasteiger partial charge < -0.3 is 26.0 Å². The Morgan fingerprint density at radius 3 is 2.57 bits per heavy atom. The fraction of sp³-hybridized carbons (Fsp3) is 0.281. The highest BCUT2D eigenvalue weighted by Crippen LogP contribution is 2.33. The molecule has 1 fully saturated rings. The second kappa shape index (κ2) is 13.4. The number of rotatable bonds is 12. The summed E-state index contributed by atoms with van der Waals surface area (Å²) in [4.78, 5) is 31.8. The number of carbonyl (C=O) groups is 2. The average molecular weight is 622 g/mol. The van der Waals surface area contributed by atoms with Crippen molar-refractivity contribution in [2.75, 3.05) is 37.1 Å². The smallest absolute Gasteiger partial charge is 0.241 e. The maximum atomic E-state index is 14.3. The number of ether oxygens (including phenoxy) is 1. The van der Waals surface area contributed by atoms with E-state index >= 15 is 0 Å². The summed E-state index contributed by atoms with van der Waals surface area (Å²) in [6.07, 6.45) is 3.18. The minimum absolute atomic E-state index is 0.0643. The lowest BCUT2D eigenvalue weighted by atomic mass is 10.1. The molecule has 12 heteroatoms. The van der Waals surface area contributed by atoms with E-state index in [-0.39, 0.29) is 54.6 Å². The van der Waals surface area contributed by atoms with Crippen molar-refractivity contribution < 1.29 is 27.3 Å². The molecular weight excluding hydrogens is 588 g/mol. The van der Waals surface area contributed by atoms with Gasteiger partial charge in [0.1, 0.15) is 11.6 Å². The minimum Gasteiger partial charge on any atom is -0.493 e. The summed E-state index contributed by atoms with van der Waals surface area (Å²) in [7, 11) is 1.78. The normalized spacial score (nSPS) is 13.4. The molecule has 0 bridgehead atoms. The summed E-state index contributed by atoms with van der Waals surface area (Å²) in [5.74, 6) is -1.20. The van der Waals surface area contributed by atoms with Crippen molar-refractivity contribution >= 4 is 50.6 Å². The number of hydrogen-bond donors (Lipinski definition) is 3. The van der Waals surface area contributed by atoms with Crippen LogP contribution in [0.15, 0.2) is 65.7 Å². The van der Waals surface area contributed by atoms with Crippen LogP contribution >= 0.6 is 0 Å². The monoisotopic (exact) mass is 621 g/mol. The van der Waals surface area contributed by atoms with E-state index in [1.807, 2.05) is 0 Å². The van der Waals surface area contributed by atoms with Crippen LogP contribution < -0.4 is 21.1 Å². The van der Waals surface area contributed by atoms with Crippen molar-refractivity contribution in [1.29, 1.82) is 0 Å². The number of likely N-dealkylation sites (N-methyl/N-ethyl adjacent to an activating group) is 1. The van der Waals surface area contributed by atoms with E-state index in [9.17, 15) is 22.6 Å². The van der Waals surface area contributed by atoms with Crippen LogP contribution in [0, 0.1) is 11.6 Å². The lowest BCUT2D eigenvalue weighted by Gasteiger charge is -2.21. The molecule has 1 unspecified atom stereocenters. The van der Waals surface area contributed by atoms with Crippen LogP contribution in [0.3, 0.4) is 0 Å². The first-order chi connectivity index (χ1) is 21.1. The molecule has 0 spiro atoms. The average Bonchev–Trinajstić information content (AvgIpc) is 3.86. The molecule has 2 amide bonds. The molecule has 0 aliphatic heterocycles. The summed E-state index contributed by atoms with van der Waals surface area (Å²) in [5, 5.41) is 6.74. The molecule has 44 heavy (non-hydrogen) atoms. The minimum atomic E-state index is -1.24. The fourth-order valence-electron chi connectivity index (χ4n) is 4.89. The Balaban J connectivity index is 1.25. The Bertz CT molecular complexity index is 1750. The zero-order valence-electron chi connectivity index (χ0n) is 24.4. The molecule has 4 N–H and O–H groups in total. The van der Waals surface area contributed by atoms with Crippen molar-refractivity contribution in [3.8, 4) is 5.75 Å². The quantitative estimate of drug-likeness (QED) is 0.203. The Hall–Kier alpha value is -4.58. The van der Waals surface area contributed by atoms with Crippen LogP contribution in [-0.4, -0.2) is 51.9 Å². The Morgan fingerprint density at radius 2 is 1.82 bits per heavy atom. The third-order valence-electron chi connectivity index (χ3n) is 7.41. The van der Waals surface area contributed by atoms with Gasteiger partial charge in [0.25, 0.3) is 0 Å². The molecule has 1 heterocycles. The maximum Gasteiger partial charge on any atom is 0.241 e. The van der Waals surface area contributed by atoms with E-state index in [1.54, 1.807) is 55.6 Å². The second-order valence-electron chi connectivity index (χ2n) is 10.7. The highest BCUT2D eigenvalue weighted by Gasteiger charge is 2.31. The zero-order chi connectivity index (χ0) is 31.4. The highest BCUT2D eigenvalue weighted by atomic mass is 32.2. The maximum absolute atomic E-state index is 14.3. The number of pyridine rings is 1. The molecule has 3 aromatic carbocycles. The van der Waals surface area contributed by atoms with Gasteiger partial charge >= 0.3 is 0 Å². The Morgan fingerprint density at radius 1 is 1.05 bits per heavy atom. The van der Waals surface area contributed by atoms with Crippen molar-refractivity contribution in [3.05, 3.63) is 83.6 Å². The van der Waals surface area contributed by atoms with Crippen LogP contribution in [0.4, 0.5) is 26.0 Å². The van der Waals surface area contributed by atoms with Gasteiger partial charge in [0.2, 0.25) is 11.8 Å². The van der Waals surface area contributed by atoms with E-state index < -0.39 is 22.4 Å². The molecule has 0 saturated heterocycles. The van der Waals surface area contributed by atoms with Crippen molar-refractivity contribution in [2.24, 2.45) is 0 Å². The number of benzene rings is 3. The van der Waals surface area contributed by atoms with E-state index in [4.69, 9.17) is 10.5 Å². The zero-order valence-corrected chi connectivity index (χ0v) is 25.2. The number of halogens is 2.